The van der Waals surface area contributed by atoms with Gasteiger partial charge in [0.25, 0.3) is 0 Å². The largest absolute Gasteiger partial charge is 0.265 e. The second kappa shape index (κ2) is 4.32. The standard InChI is InChI=1S/C15H23NSi2/c1-17(2,3)14-8-7-12-11-16-15(18(4,5)6)10-13(12)9-14/h7-11H,1-6H3. The number of hydrogen-bond acceptors (Lipinski definition) is 1. The molecular weight excluding hydrogens is 250 g/mol. The fourth-order valence-electron chi connectivity index (χ4n) is 2.02. The first-order valence-corrected chi connectivity index (χ1v) is 13.6. The molecule has 0 saturated carbocycles. The first-order chi connectivity index (χ1) is 8.18. The van der Waals surface area contributed by atoms with Crippen molar-refractivity contribution in [2.75, 3.05) is 0 Å². The van der Waals surface area contributed by atoms with E-state index in [0.717, 1.165) is 0 Å². The zero-order valence-electron chi connectivity index (χ0n) is 12.3. The summed E-state index contributed by atoms with van der Waals surface area (Å²) in [6.07, 6.45) is 2.04. The Bertz CT molecular complexity index is 528. The summed E-state index contributed by atoms with van der Waals surface area (Å²) in [7, 11) is -2.54. The average molecular weight is 274 g/mol. The SMILES string of the molecule is C[Si](C)(C)c1ccc2cnc([Si](C)(C)C)cc2c1. The van der Waals surface area contributed by atoms with E-state index in [1.165, 1.54) is 21.3 Å². The summed E-state index contributed by atoms with van der Waals surface area (Å²) >= 11 is 0. The van der Waals surface area contributed by atoms with Gasteiger partial charge in [-0.3, -0.25) is 4.98 Å². The maximum atomic E-state index is 4.64. The van der Waals surface area contributed by atoms with E-state index in [9.17, 15) is 0 Å². The smallest absolute Gasteiger partial charge is 0.101 e. The molecule has 2 rings (SSSR count). The highest BCUT2D eigenvalue weighted by molar-refractivity contribution is 6.89. The number of benzene rings is 1. The van der Waals surface area contributed by atoms with Gasteiger partial charge < -0.3 is 0 Å². The monoisotopic (exact) mass is 273 g/mol. The Morgan fingerprint density at radius 1 is 0.778 bits per heavy atom. The van der Waals surface area contributed by atoms with Crippen LogP contribution in [0.4, 0.5) is 0 Å². The molecule has 1 nitrogen and oxygen atoms in total. The highest BCUT2D eigenvalue weighted by atomic mass is 28.3. The number of hydrogen-bond donors (Lipinski definition) is 0. The molecule has 1 aromatic carbocycles. The fraction of sp³-hybridized carbons (Fsp3) is 0.400. The van der Waals surface area contributed by atoms with Crippen molar-refractivity contribution < 1.29 is 0 Å². The normalized spacial score (nSPS) is 13.0. The van der Waals surface area contributed by atoms with Crippen molar-refractivity contribution in [1.29, 1.82) is 0 Å². The Hall–Kier alpha value is -0.936. The van der Waals surface area contributed by atoms with E-state index in [1.807, 2.05) is 6.20 Å². The fourth-order valence-corrected chi connectivity index (χ4v) is 4.23. The number of rotatable bonds is 2. The highest BCUT2D eigenvalue weighted by Crippen LogP contribution is 2.14. The molecule has 96 valence electrons. The number of aromatic nitrogens is 1. The maximum absolute atomic E-state index is 4.64. The predicted molar refractivity (Wildman–Crippen MR) is 87.7 cm³/mol. The molecule has 2 aromatic rings. The molecule has 0 fully saturated rings. The summed E-state index contributed by atoms with van der Waals surface area (Å²) in [6.45, 7) is 14.2. The van der Waals surface area contributed by atoms with Crippen molar-refractivity contribution in [1.82, 2.24) is 4.98 Å². The number of pyridine rings is 1. The zero-order chi connectivity index (χ0) is 13.6. The van der Waals surface area contributed by atoms with E-state index >= 15 is 0 Å². The van der Waals surface area contributed by atoms with Crippen molar-refractivity contribution in [2.24, 2.45) is 0 Å². The van der Waals surface area contributed by atoms with Gasteiger partial charge in [0.1, 0.15) is 8.07 Å². The Morgan fingerprint density at radius 3 is 2.00 bits per heavy atom. The van der Waals surface area contributed by atoms with Crippen LogP contribution in [0.3, 0.4) is 0 Å². The van der Waals surface area contributed by atoms with Crippen LogP contribution in [0.5, 0.6) is 0 Å². The molecule has 0 saturated heterocycles. The van der Waals surface area contributed by atoms with Crippen LogP contribution >= 0.6 is 0 Å². The lowest BCUT2D eigenvalue weighted by molar-refractivity contribution is 1.40. The van der Waals surface area contributed by atoms with Gasteiger partial charge in [-0.1, -0.05) is 62.7 Å². The van der Waals surface area contributed by atoms with E-state index < -0.39 is 16.1 Å². The van der Waals surface area contributed by atoms with Crippen molar-refractivity contribution in [2.45, 2.75) is 39.3 Å². The molecule has 0 aliphatic carbocycles. The van der Waals surface area contributed by atoms with Gasteiger partial charge in [0, 0.05) is 11.5 Å². The van der Waals surface area contributed by atoms with Crippen molar-refractivity contribution in [3.63, 3.8) is 0 Å². The second-order valence-corrected chi connectivity index (χ2v) is 17.2. The third-order valence-electron chi connectivity index (χ3n) is 3.36. The van der Waals surface area contributed by atoms with Gasteiger partial charge in [-0.2, -0.15) is 0 Å². The molecule has 0 spiro atoms. The molecule has 0 bridgehead atoms. The summed E-state index contributed by atoms with van der Waals surface area (Å²) in [5.74, 6) is 0. The molecule has 0 N–H and O–H groups in total. The average Bonchev–Trinajstić information content (AvgIpc) is 2.25. The molecule has 0 aliphatic heterocycles. The minimum Gasteiger partial charge on any atom is -0.265 e. The van der Waals surface area contributed by atoms with Crippen molar-refractivity contribution in [3.05, 3.63) is 30.5 Å². The quantitative estimate of drug-likeness (QED) is 0.765. The second-order valence-electron chi connectivity index (χ2n) is 7.13. The Morgan fingerprint density at radius 2 is 1.44 bits per heavy atom. The third-order valence-corrected chi connectivity index (χ3v) is 7.21. The molecule has 18 heavy (non-hydrogen) atoms. The van der Waals surface area contributed by atoms with Crippen LogP contribution in [0, 0.1) is 0 Å². The van der Waals surface area contributed by atoms with Gasteiger partial charge in [-0.25, -0.2) is 0 Å². The topological polar surface area (TPSA) is 12.9 Å². The molecule has 1 heterocycles. The minimum absolute atomic E-state index is 1.22. The van der Waals surface area contributed by atoms with Crippen LogP contribution in [0.15, 0.2) is 30.5 Å². The summed E-state index contributed by atoms with van der Waals surface area (Å²) in [6, 6.07) is 9.20. The first kappa shape index (κ1) is 13.5. The molecule has 0 unspecified atom stereocenters. The lowest BCUT2D eigenvalue weighted by atomic mass is 10.2. The predicted octanol–water partition coefficient (Wildman–Crippen LogP) is 3.33. The lowest BCUT2D eigenvalue weighted by Crippen LogP contribution is -2.40. The highest BCUT2D eigenvalue weighted by Gasteiger charge is 2.20. The van der Waals surface area contributed by atoms with Gasteiger partial charge in [-0.05, 0) is 16.8 Å². The molecular formula is C15H23NSi2. The zero-order valence-corrected chi connectivity index (χ0v) is 14.3. The van der Waals surface area contributed by atoms with E-state index in [4.69, 9.17) is 0 Å². The Labute approximate surface area is 112 Å². The molecule has 0 amide bonds. The van der Waals surface area contributed by atoms with Crippen molar-refractivity contribution >= 4 is 37.4 Å². The summed E-state index contributed by atoms with van der Waals surface area (Å²) in [5, 5.41) is 5.46. The minimum atomic E-state index is -1.31. The summed E-state index contributed by atoms with van der Waals surface area (Å²) < 4.78 is 0. The summed E-state index contributed by atoms with van der Waals surface area (Å²) in [4.78, 5) is 4.64. The molecule has 3 heteroatoms. The van der Waals surface area contributed by atoms with Gasteiger partial charge in [0.05, 0.1) is 8.07 Å². The molecule has 1 aromatic heterocycles. The van der Waals surface area contributed by atoms with Crippen LogP contribution < -0.4 is 10.5 Å². The number of nitrogens with zero attached hydrogens (tertiary/aromatic N) is 1. The van der Waals surface area contributed by atoms with Crippen LogP contribution in [0.2, 0.25) is 39.3 Å². The van der Waals surface area contributed by atoms with Gasteiger partial charge in [0.2, 0.25) is 0 Å². The maximum Gasteiger partial charge on any atom is 0.101 e. The van der Waals surface area contributed by atoms with Gasteiger partial charge in [0.15, 0.2) is 0 Å². The van der Waals surface area contributed by atoms with Crippen LogP contribution in [0.25, 0.3) is 10.8 Å². The van der Waals surface area contributed by atoms with Gasteiger partial charge >= 0.3 is 0 Å². The number of fused-ring (bicyclic) bond motifs is 1. The molecule has 0 radical (unpaired) electrons. The molecule has 0 aliphatic rings. The Kier molecular flexibility index (Phi) is 3.24. The van der Waals surface area contributed by atoms with E-state index in [-0.39, 0.29) is 0 Å². The van der Waals surface area contributed by atoms with Crippen molar-refractivity contribution in [3.8, 4) is 0 Å². The van der Waals surface area contributed by atoms with Crippen LogP contribution in [0.1, 0.15) is 0 Å². The van der Waals surface area contributed by atoms with E-state index in [0.29, 0.717) is 0 Å². The molecule has 0 atom stereocenters. The van der Waals surface area contributed by atoms with Crippen LogP contribution in [-0.4, -0.2) is 21.1 Å². The summed E-state index contributed by atoms with van der Waals surface area (Å²) in [5.41, 5.74) is 0. The van der Waals surface area contributed by atoms with E-state index in [1.54, 1.807) is 0 Å². The van der Waals surface area contributed by atoms with Crippen LogP contribution in [-0.2, 0) is 0 Å². The first-order valence-electron chi connectivity index (χ1n) is 6.59. The van der Waals surface area contributed by atoms with Gasteiger partial charge in [-0.15, -0.1) is 0 Å². The van der Waals surface area contributed by atoms with E-state index in [2.05, 4.69) is 68.5 Å². The lowest BCUT2D eigenvalue weighted by Gasteiger charge is -2.19. The third kappa shape index (κ3) is 2.73. The Balaban J connectivity index is 2.61.